The van der Waals surface area contributed by atoms with Crippen LogP contribution in [-0.4, -0.2) is 50.7 Å². The number of methoxy groups -OCH3 is 2. The first-order chi connectivity index (χ1) is 13.1. The lowest BCUT2D eigenvalue weighted by Crippen LogP contribution is -2.49. The lowest BCUT2D eigenvalue weighted by Gasteiger charge is -2.38. The van der Waals surface area contributed by atoms with Crippen molar-refractivity contribution in [3.63, 3.8) is 0 Å². The minimum absolute atomic E-state index is 0.0801. The number of amides is 3. The number of urea groups is 1. The first-order valence-corrected chi connectivity index (χ1v) is 9.66. The summed E-state index contributed by atoms with van der Waals surface area (Å²) in [5.74, 6) is 1.53. The van der Waals surface area contributed by atoms with Crippen molar-refractivity contribution in [3.8, 4) is 11.5 Å². The Labute approximate surface area is 160 Å². The van der Waals surface area contributed by atoms with Crippen LogP contribution in [0, 0.1) is 5.92 Å². The summed E-state index contributed by atoms with van der Waals surface area (Å²) in [4.78, 5) is 26.7. The second-order valence-corrected chi connectivity index (χ2v) is 7.12. The van der Waals surface area contributed by atoms with Crippen molar-refractivity contribution in [1.29, 1.82) is 0 Å². The van der Waals surface area contributed by atoms with E-state index >= 15 is 0 Å². The van der Waals surface area contributed by atoms with Crippen LogP contribution in [0.25, 0.3) is 0 Å². The van der Waals surface area contributed by atoms with Gasteiger partial charge < -0.3 is 25.0 Å². The van der Waals surface area contributed by atoms with Crippen molar-refractivity contribution in [2.24, 2.45) is 5.92 Å². The molecule has 148 valence electrons. The van der Waals surface area contributed by atoms with E-state index in [-0.39, 0.29) is 23.9 Å². The molecule has 0 aromatic heterocycles. The molecule has 27 heavy (non-hydrogen) atoms. The monoisotopic (exact) mass is 375 g/mol. The Morgan fingerprint density at radius 1 is 1.15 bits per heavy atom. The summed E-state index contributed by atoms with van der Waals surface area (Å²) in [6, 6.07) is 3.59. The average molecular weight is 375 g/mol. The quantitative estimate of drug-likeness (QED) is 0.766. The Balaban J connectivity index is 1.87. The molecule has 1 unspecified atom stereocenters. The van der Waals surface area contributed by atoms with Gasteiger partial charge in [-0.2, -0.15) is 0 Å². The molecule has 3 rings (SSSR count). The van der Waals surface area contributed by atoms with Gasteiger partial charge in [0, 0.05) is 25.6 Å². The summed E-state index contributed by atoms with van der Waals surface area (Å²) < 4.78 is 10.9. The molecule has 1 aliphatic heterocycles. The minimum atomic E-state index is -0.229. The Morgan fingerprint density at radius 2 is 1.85 bits per heavy atom. The van der Waals surface area contributed by atoms with E-state index < -0.39 is 0 Å². The van der Waals surface area contributed by atoms with Gasteiger partial charge in [-0.3, -0.25) is 4.79 Å². The molecule has 0 radical (unpaired) electrons. The average Bonchev–Trinajstić information content (AvgIpc) is 3.53. The third kappa shape index (κ3) is 4.28. The lowest BCUT2D eigenvalue weighted by atomic mass is 9.91. The van der Waals surface area contributed by atoms with Crippen molar-refractivity contribution >= 4 is 11.9 Å². The number of rotatable bonds is 7. The second kappa shape index (κ2) is 8.50. The molecule has 0 saturated heterocycles. The molecule has 1 atom stereocenters. The number of carbonyl (C=O) groups excluding carboxylic acids is 2. The van der Waals surface area contributed by atoms with Gasteiger partial charge in [0.05, 0.1) is 20.3 Å². The molecule has 1 saturated carbocycles. The lowest BCUT2D eigenvalue weighted by molar-refractivity contribution is -0.122. The van der Waals surface area contributed by atoms with E-state index in [9.17, 15) is 9.59 Å². The number of nitrogens with zero attached hydrogens (tertiary/aromatic N) is 1. The van der Waals surface area contributed by atoms with Gasteiger partial charge in [0.2, 0.25) is 5.91 Å². The van der Waals surface area contributed by atoms with E-state index in [0.29, 0.717) is 31.1 Å². The van der Waals surface area contributed by atoms with E-state index in [0.717, 1.165) is 36.8 Å². The molecule has 1 aromatic rings. The van der Waals surface area contributed by atoms with Crippen LogP contribution >= 0.6 is 0 Å². The van der Waals surface area contributed by atoms with Crippen molar-refractivity contribution in [1.82, 2.24) is 15.5 Å². The van der Waals surface area contributed by atoms with Crippen LogP contribution in [0.1, 0.15) is 43.4 Å². The van der Waals surface area contributed by atoms with Gasteiger partial charge in [0.15, 0.2) is 11.5 Å². The van der Waals surface area contributed by atoms with Gasteiger partial charge in [-0.1, -0.05) is 6.92 Å². The van der Waals surface area contributed by atoms with Crippen LogP contribution < -0.4 is 20.1 Å². The van der Waals surface area contributed by atoms with E-state index in [1.165, 1.54) is 0 Å². The fourth-order valence-electron chi connectivity index (χ4n) is 3.51. The summed E-state index contributed by atoms with van der Waals surface area (Å²) >= 11 is 0. The molecule has 0 spiro atoms. The van der Waals surface area contributed by atoms with Gasteiger partial charge in [0.25, 0.3) is 0 Å². The maximum absolute atomic E-state index is 12.7. The van der Waals surface area contributed by atoms with Gasteiger partial charge >= 0.3 is 6.03 Å². The standard InChI is InChI=1S/C20H29N3O4/c1-4-8-21-20(25)23-9-7-14-10-17(26-2)18(27-3)11-15(14)16(23)12-22-19(24)13-5-6-13/h10-11,13,16H,4-9,12H2,1-3H3,(H,21,25)(H,22,24). The zero-order valence-electron chi connectivity index (χ0n) is 16.3. The number of hydrogen-bond donors (Lipinski definition) is 2. The molecule has 1 heterocycles. The molecular formula is C20H29N3O4. The number of nitrogens with one attached hydrogen (secondary N) is 2. The first kappa shape index (κ1) is 19.3. The minimum Gasteiger partial charge on any atom is -0.493 e. The number of fused-ring (bicyclic) bond motifs is 1. The van der Waals surface area contributed by atoms with Crippen LogP contribution in [0.2, 0.25) is 0 Å². The van der Waals surface area contributed by atoms with Crippen LogP contribution in [0.4, 0.5) is 4.79 Å². The van der Waals surface area contributed by atoms with Gasteiger partial charge in [-0.05, 0) is 48.9 Å². The normalized spacial score (nSPS) is 18.5. The number of benzene rings is 1. The van der Waals surface area contributed by atoms with Crippen molar-refractivity contribution < 1.29 is 19.1 Å². The summed E-state index contributed by atoms with van der Waals surface area (Å²) in [5.41, 5.74) is 2.12. The maximum atomic E-state index is 12.7. The molecule has 0 bridgehead atoms. The molecule has 1 aliphatic carbocycles. The van der Waals surface area contributed by atoms with Crippen LogP contribution in [-0.2, 0) is 11.2 Å². The Bertz CT molecular complexity index is 703. The third-order valence-corrected chi connectivity index (χ3v) is 5.21. The summed E-state index contributed by atoms with van der Waals surface area (Å²) in [6.45, 7) is 3.66. The Kier molecular flexibility index (Phi) is 6.08. The molecule has 1 aromatic carbocycles. The Morgan fingerprint density at radius 3 is 2.48 bits per heavy atom. The van der Waals surface area contributed by atoms with Crippen LogP contribution in [0.3, 0.4) is 0 Å². The maximum Gasteiger partial charge on any atom is 0.317 e. The molecule has 2 aliphatic rings. The molecule has 7 nitrogen and oxygen atoms in total. The zero-order chi connectivity index (χ0) is 19.4. The number of ether oxygens (including phenoxy) is 2. The van der Waals surface area contributed by atoms with E-state index in [2.05, 4.69) is 10.6 Å². The fourth-order valence-corrected chi connectivity index (χ4v) is 3.51. The first-order valence-electron chi connectivity index (χ1n) is 9.66. The third-order valence-electron chi connectivity index (χ3n) is 5.21. The largest absolute Gasteiger partial charge is 0.493 e. The van der Waals surface area contributed by atoms with Crippen LogP contribution in [0.15, 0.2) is 12.1 Å². The molecule has 3 amide bonds. The predicted octanol–water partition coefficient (Wildman–Crippen LogP) is 2.25. The summed E-state index contributed by atoms with van der Waals surface area (Å²) in [6.07, 6.45) is 3.53. The highest BCUT2D eigenvalue weighted by Gasteiger charge is 2.34. The highest BCUT2D eigenvalue weighted by molar-refractivity contribution is 5.81. The molecule has 7 heteroatoms. The van der Waals surface area contributed by atoms with E-state index in [1.807, 2.05) is 24.0 Å². The topological polar surface area (TPSA) is 79.9 Å². The second-order valence-electron chi connectivity index (χ2n) is 7.12. The highest BCUT2D eigenvalue weighted by Crippen LogP contribution is 2.38. The molecular weight excluding hydrogens is 346 g/mol. The van der Waals surface area contributed by atoms with Gasteiger partial charge in [-0.25, -0.2) is 4.79 Å². The molecule has 1 fully saturated rings. The highest BCUT2D eigenvalue weighted by atomic mass is 16.5. The number of hydrogen-bond acceptors (Lipinski definition) is 4. The Hall–Kier alpha value is -2.44. The van der Waals surface area contributed by atoms with Crippen molar-refractivity contribution in [2.75, 3.05) is 33.9 Å². The van der Waals surface area contributed by atoms with Gasteiger partial charge in [-0.15, -0.1) is 0 Å². The predicted molar refractivity (Wildman–Crippen MR) is 102 cm³/mol. The smallest absolute Gasteiger partial charge is 0.317 e. The van der Waals surface area contributed by atoms with Gasteiger partial charge in [0.1, 0.15) is 0 Å². The van der Waals surface area contributed by atoms with Crippen LogP contribution in [0.5, 0.6) is 11.5 Å². The zero-order valence-corrected chi connectivity index (χ0v) is 16.3. The van der Waals surface area contributed by atoms with E-state index in [4.69, 9.17) is 9.47 Å². The molecule has 2 N–H and O–H groups in total. The summed E-state index contributed by atoms with van der Waals surface area (Å²) in [5, 5.41) is 5.98. The SMILES string of the molecule is CCCNC(=O)N1CCc2cc(OC)c(OC)cc2C1CNC(=O)C1CC1. The van der Waals surface area contributed by atoms with Crippen molar-refractivity contribution in [2.45, 2.75) is 38.6 Å². The van der Waals surface area contributed by atoms with E-state index in [1.54, 1.807) is 14.2 Å². The van der Waals surface area contributed by atoms with Crippen molar-refractivity contribution in [3.05, 3.63) is 23.3 Å². The summed E-state index contributed by atoms with van der Waals surface area (Å²) in [7, 11) is 3.22. The number of carbonyl (C=O) groups is 2. The fraction of sp³-hybridized carbons (Fsp3) is 0.600.